The van der Waals surface area contributed by atoms with E-state index in [4.69, 9.17) is 10.8 Å². The number of nitrogens with zero attached hydrogens (tertiary/aromatic N) is 2. The molecule has 1 atom stereocenters. The summed E-state index contributed by atoms with van der Waals surface area (Å²) in [5, 5.41) is 9.88. The van der Waals surface area contributed by atoms with Crippen LogP contribution in [0.15, 0.2) is 18.3 Å². The lowest BCUT2D eigenvalue weighted by Gasteiger charge is -2.22. The number of hydrogen-bond donors (Lipinski definition) is 2. The number of nitrogens with two attached hydrogens (primary N) is 1. The highest BCUT2D eigenvalue weighted by Crippen LogP contribution is 2.32. The topological polar surface area (TPSA) is 79.5 Å². The number of hydrogen-bond acceptors (Lipinski definition) is 5. The Balaban J connectivity index is 2.42. The number of aromatic nitrogens is 1. The maximum atomic E-state index is 12.3. The molecule has 5 nitrogen and oxygen atoms in total. The highest BCUT2D eigenvalue weighted by Gasteiger charge is 2.22. The average molecular weight is 265 g/mol. The molecular formula is C12H15N3O2S. The fraction of sp³-hybridized carbons (Fsp3) is 0.333. The number of nitrogen functional groups attached to an aromatic ring is 1. The summed E-state index contributed by atoms with van der Waals surface area (Å²) < 4.78 is 0. The maximum absolute atomic E-state index is 12.3. The van der Waals surface area contributed by atoms with Gasteiger partial charge in [0.1, 0.15) is 9.71 Å². The van der Waals surface area contributed by atoms with Gasteiger partial charge in [0.2, 0.25) is 0 Å². The quantitative estimate of drug-likeness (QED) is 0.877. The van der Waals surface area contributed by atoms with Crippen molar-refractivity contribution in [1.82, 2.24) is 9.88 Å². The third-order valence-corrected chi connectivity index (χ3v) is 4.06. The maximum Gasteiger partial charge on any atom is 0.266 e. The molecule has 0 fully saturated rings. The Morgan fingerprint density at radius 1 is 1.67 bits per heavy atom. The number of likely N-dealkylation sites (N-methyl/N-ethyl adjacent to an activating group) is 1. The van der Waals surface area contributed by atoms with Gasteiger partial charge in [0.05, 0.1) is 18.3 Å². The molecule has 2 rings (SSSR count). The largest absolute Gasteiger partial charge is 0.397 e. The monoisotopic (exact) mass is 265 g/mol. The van der Waals surface area contributed by atoms with Crippen LogP contribution in [0.1, 0.15) is 16.6 Å². The van der Waals surface area contributed by atoms with Gasteiger partial charge in [-0.2, -0.15) is 0 Å². The van der Waals surface area contributed by atoms with E-state index in [0.29, 0.717) is 10.6 Å². The first kappa shape index (κ1) is 12.8. The van der Waals surface area contributed by atoms with Crippen molar-refractivity contribution in [2.45, 2.75) is 13.0 Å². The zero-order valence-corrected chi connectivity index (χ0v) is 11.1. The van der Waals surface area contributed by atoms with Gasteiger partial charge in [0.15, 0.2) is 0 Å². The number of fused-ring (bicyclic) bond motifs is 1. The summed E-state index contributed by atoms with van der Waals surface area (Å²) in [7, 11) is 1.65. The van der Waals surface area contributed by atoms with Gasteiger partial charge < -0.3 is 15.7 Å². The normalized spacial score (nSPS) is 12.6. The number of anilines is 1. The lowest BCUT2D eigenvalue weighted by molar-refractivity contribution is 0.0688. The van der Waals surface area contributed by atoms with Gasteiger partial charge >= 0.3 is 0 Å². The number of carbonyl (C=O) groups is 1. The number of carbonyl (C=O) groups excluding carboxylic acids is 1. The molecule has 0 saturated carbocycles. The average Bonchev–Trinajstić information content (AvgIpc) is 2.74. The number of rotatable bonds is 3. The molecule has 0 saturated heterocycles. The van der Waals surface area contributed by atoms with E-state index in [2.05, 4.69) is 4.98 Å². The molecule has 2 aromatic heterocycles. The van der Waals surface area contributed by atoms with Gasteiger partial charge in [-0.3, -0.25) is 4.79 Å². The van der Waals surface area contributed by atoms with Crippen LogP contribution in [0.3, 0.4) is 0 Å². The van der Waals surface area contributed by atoms with Gasteiger partial charge in [0, 0.05) is 18.6 Å². The summed E-state index contributed by atoms with van der Waals surface area (Å²) in [5.41, 5.74) is 6.44. The Kier molecular flexibility index (Phi) is 3.49. The highest BCUT2D eigenvalue weighted by atomic mass is 32.1. The van der Waals surface area contributed by atoms with E-state index in [0.717, 1.165) is 10.2 Å². The minimum Gasteiger partial charge on any atom is -0.397 e. The fourth-order valence-corrected chi connectivity index (χ4v) is 2.64. The molecule has 18 heavy (non-hydrogen) atoms. The Morgan fingerprint density at radius 3 is 3.00 bits per heavy atom. The van der Waals surface area contributed by atoms with Crippen LogP contribution in [-0.4, -0.2) is 40.6 Å². The number of thiophene rings is 1. The van der Waals surface area contributed by atoms with E-state index in [-0.39, 0.29) is 18.6 Å². The van der Waals surface area contributed by atoms with Crippen LogP contribution < -0.4 is 5.73 Å². The summed E-state index contributed by atoms with van der Waals surface area (Å²) in [4.78, 5) is 19.2. The molecule has 6 heteroatoms. The van der Waals surface area contributed by atoms with Crippen molar-refractivity contribution >= 4 is 33.1 Å². The highest BCUT2D eigenvalue weighted by molar-refractivity contribution is 7.21. The summed E-state index contributed by atoms with van der Waals surface area (Å²) in [6.07, 6.45) is 1.67. The Morgan fingerprint density at radius 2 is 2.39 bits per heavy atom. The van der Waals surface area contributed by atoms with Crippen molar-refractivity contribution in [3.05, 3.63) is 23.2 Å². The standard InChI is InChI=1S/C12H15N3O2S/c1-7(6-16)15(2)12(17)10-9(13)8-4-3-5-14-11(8)18-10/h3-5,7,16H,6,13H2,1-2H3. The lowest BCUT2D eigenvalue weighted by Crippen LogP contribution is -2.37. The SMILES string of the molecule is CC(CO)N(C)C(=O)c1sc2ncccc2c1N. The van der Waals surface area contributed by atoms with Crippen molar-refractivity contribution < 1.29 is 9.90 Å². The summed E-state index contributed by atoms with van der Waals surface area (Å²) in [6.45, 7) is 1.70. The van der Waals surface area contributed by atoms with Crippen LogP contribution in [0.25, 0.3) is 10.2 Å². The van der Waals surface area contributed by atoms with Gasteiger partial charge in [-0.05, 0) is 19.1 Å². The zero-order valence-electron chi connectivity index (χ0n) is 10.3. The van der Waals surface area contributed by atoms with E-state index < -0.39 is 0 Å². The Bertz CT molecular complexity index is 582. The van der Waals surface area contributed by atoms with Gasteiger partial charge in [-0.15, -0.1) is 11.3 Å². The van der Waals surface area contributed by atoms with Gasteiger partial charge in [-0.25, -0.2) is 4.98 Å². The van der Waals surface area contributed by atoms with Crippen molar-refractivity contribution in [3.63, 3.8) is 0 Å². The Labute approximate surface area is 109 Å². The second-order valence-electron chi connectivity index (χ2n) is 4.15. The van der Waals surface area contributed by atoms with Crippen molar-refractivity contribution in [1.29, 1.82) is 0 Å². The summed E-state index contributed by atoms with van der Waals surface area (Å²) >= 11 is 1.28. The minimum atomic E-state index is -0.241. The number of aliphatic hydroxyl groups excluding tert-OH is 1. The van der Waals surface area contributed by atoms with Crippen molar-refractivity contribution in [2.24, 2.45) is 0 Å². The van der Waals surface area contributed by atoms with Crippen LogP contribution in [0.5, 0.6) is 0 Å². The smallest absolute Gasteiger partial charge is 0.266 e. The molecule has 2 aromatic rings. The van der Waals surface area contributed by atoms with Gasteiger partial charge in [-0.1, -0.05) is 0 Å². The third kappa shape index (κ3) is 2.04. The first-order valence-corrected chi connectivity index (χ1v) is 6.39. The second kappa shape index (κ2) is 4.91. The molecule has 0 bridgehead atoms. The molecule has 1 unspecified atom stereocenters. The molecule has 0 spiro atoms. The van der Waals surface area contributed by atoms with E-state index in [1.54, 1.807) is 26.2 Å². The fourth-order valence-electron chi connectivity index (χ4n) is 1.59. The summed E-state index contributed by atoms with van der Waals surface area (Å²) in [5.74, 6) is -0.183. The van der Waals surface area contributed by atoms with E-state index >= 15 is 0 Å². The van der Waals surface area contributed by atoms with Gasteiger partial charge in [0.25, 0.3) is 5.91 Å². The lowest BCUT2D eigenvalue weighted by atomic mass is 10.2. The number of pyridine rings is 1. The van der Waals surface area contributed by atoms with E-state index in [9.17, 15) is 4.79 Å². The van der Waals surface area contributed by atoms with Crippen LogP contribution in [-0.2, 0) is 0 Å². The molecule has 96 valence electrons. The minimum absolute atomic E-state index is 0.0781. The predicted molar refractivity (Wildman–Crippen MR) is 72.7 cm³/mol. The number of amides is 1. The van der Waals surface area contributed by atoms with E-state index in [1.807, 2.05) is 6.07 Å². The first-order valence-electron chi connectivity index (χ1n) is 5.57. The predicted octanol–water partition coefficient (Wildman–Crippen LogP) is 1.33. The van der Waals surface area contributed by atoms with Crippen LogP contribution in [0.4, 0.5) is 5.69 Å². The third-order valence-electron chi connectivity index (χ3n) is 2.94. The van der Waals surface area contributed by atoms with Crippen LogP contribution >= 0.6 is 11.3 Å². The molecule has 0 radical (unpaired) electrons. The zero-order chi connectivity index (χ0) is 13.3. The molecule has 0 aliphatic heterocycles. The molecular weight excluding hydrogens is 250 g/mol. The molecule has 0 aromatic carbocycles. The second-order valence-corrected chi connectivity index (χ2v) is 5.15. The number of aliphatic hydroxyl groups is 1. The summed E-state index contributed by atoms with van der Waals surface area (Å²) in [6, 6.07) is 3.40. The molecule has 0 aliphatic carbocycles. The Hall–Kier alpha value is -1.66. The van der Waals surface area contributed by atoms with Crippen molar-refractivity contribution in [3.8, 4) is 0 Å². The molecule has 0 aliphatic rings. The molecule has 3 N–H and O–H groups in total. The van der Waals surface area contributed by atoms with Crippen LogP contribution in [0, 0.1) is 0 Å². The van der Waals surface area contributed by atoms with Crippen molar-refractivity contribution in [2.75, 3.05) is 19.4 Å². The van der Waals surface area contributed by atoms with E-state index in [1.165, 1.54) is 16.2 Å². The molecule has 2 heterocycles. The first-order chi connectivity index (χ1) is 8.56. The van der Waals surface area contributed by atoms with Crippen LogP contribution in [0.2, 0.25) is 0 Å². The molecule has 1 amide bonds.